The summed E-state index contributed by atoms with van der Waals surface area (Å²) in [5.74, 6) is 0.951. The summed E-state index contributed by atoms with van der Waals surface area (Å²) in [5, 5.41) is 11.9. The van der Waals surface area contributed by atoms with E-state index in [0.29, 0.717) is 5.69 Å². The Kier molecular flexibility index (Phi) is 3.41. The van der Waals surface area contributed by atoms with Gasteiger partial charge in [-0.2, -0.15) is 5.26 Å². The normalized spacial score (nSPS) is 11.8. The molecule has 0 aliphatic rings. The highest BCUT2D eigenvalue weighted by atomic mass is 16.3. The van der Waals surface area contributed by atoms with Gasteiger partial charge in [0.2, 0.25) is 0 Å². The lowest BCUT2D eigenvalue weighted by molar-refractivity contribution is 0.498. The van der Waals surface area contributed by atoms with E-state index in [1.165, 1.54) is 0 Å². The molecule has 2 heterocycles. The molecule has 0 aromatic carbocycles. The van der Waals surface area contributed by atoms with Gasteiger partial charge in [0.1, 0.15) is 17.5 Å². The van der Waals surface area contributed by atoms with Gasteiger partial charge in [0.25, 0.3) is 0 Å². The Morgan fingerprint density at radius 2 is 2.35 bits per heavy atom. The molecule has 86 valence electrons. The molecule has 1 atom stereocenters. The third kappa shape index (κ3) is 3.08. The second kappa shape index (κ2) is 5.17. The molecule has 0 aliphatic carbocycles. The molecule has 2 aromatic rings. The van der Waals surface area contributed by atoms with Crippen LogP contribution in [-0.4, -0.2) is 11.0 Å². The lowest BCUT2D eigenvalue weighted by atomic mass is 10.2. The van der Waals surface area contributed by atoms with Crippen LogP contribution in [0.15, 0.2) is 41.1 Å². The van der Waals surface area contributed by atoms with Crippen LogP contribution in [0.5, 0.6) is 0 Å². The molecule has 0 aliphatic heterocycles. The first-order valence-electron chi connectivity index (χ1n) is 5.43. The molecule has 1 unspecified atom stereocenters. The fourth-order valence-electron chi connectivity index (χ4n) is 1.61. The molecule has 1 N–H and O–H groups in total. The Hall–Kier alpha value is -2.28. The van der Waals surface area contributed by atoms with Gasteiger partial charge in [0.15, 0.2) is 0 Å². The smallest absolute Gasteiger partial charge is 0.140 e. The minimum absolute atomic E-state index is 0.246. The Morgan fingerprint density at radius 3 is 2.94 bits per heavy atom. The summed E-state index contributed by atoms with van der Waals surface area (Å²) >= 11 is 0. The van der Waals surface area contributed by atoms with Crippen LogP contribution in [-0.2, 0) is 6.42 Å². The number of nitrogens with one attached hydrogen (secondary N) is 1. The van der Waals surface area contributed by atoms with Gasteiger partial charge >= 0.3 is 0 Å². The number of nitriles is 1. The summed E-state index contributed by atoms with van der Waals surface area (Å²) in [6, 6.07) is 9.62. The van der Waals surface area contributed by atoms with Crippen molar-refractivity contribution in [3.8, 4) is 6.07 Å². The molecule has 0 radical (unpaired) electrons. The predicted molar refractivity (Wildman–Crippen MR) is 64.4 cm³/mol. The first-order valence-corrected chi connectivity index (χ1v) is 5.43. The summed E-state index contributed by atoms with van der Waals surface area (Å²) < 4.78 is 5.28. The van der Waals surface area contributed by atoms with E-state index >= 15 is 0 Å². The maximum absolute atomic E-state index is 8.64. The zero-order valence-electron chi connectivity index (χ0n) is 9.55. The van der Waals surface area contributed by atoms with Crippen molar-refractivity contribution in [2.45, 2.75) is 19.4 Å². The molecule has 0 amide bonds. The van der Waals surface area contributed by atoms with Gasteiger partial charge in [0.05, 0.1) is 18.1 Å². The van der Waals surface area contributed by atoms with E-state index in [1.807, 2.05) is 24.3 Å². The monoisotopic (exact) mass is 227 g/mol. The van der Waals surface area contributed by atoms with Crippen molar-refractivity contribution in [3.05, 3.63) is 48.2 Å². The third-order valence-corrected chi connectivity index (χ3v) is 2.38. The molecule has 0 saturated carbocycles. The van der Waals surface area contributed by atoms with Crippen LogP contribution >= 0.6 is 0 Å². The number of hydrogen-bond donors (Lipinski definition) is 1. The van der Waals surface area contributed by atoms with Crippen LogP contribution in [0.4, 0.5) is 5.69 Å². The van der Waals surface area contributed by atoms with E-state index in [4.69, 9.17) is 9.68 Å². The molecule has 2 rings (SSSR count). The van der Waals surface area contributed by atoms with Crippen LogP contribution in [0.2, 0.25) is 0 Å². The Morgan fingerprint density at radius 1 is 1.47 bits per heavy atom. The van der Waals surface area contributed by atoms with Gasteiger partial charge in [-0.3, -0.25) is 0 Å². The maximum atomic E-state index is 8.64. The fraction of sp³-hybridized carbons (Fsp3) is 0.231. The van der Waals surface area contributed by atoms with Crippen molar-refractivity contribution < 1.29 is 4.42 Å². The van der Waals surface area contributed by atoms with E-state index in [9.17, 15) is 0 Å². The lowest BCUT2D eigenvalue weighted by Crippen LogP contribution is -2.17. The lowest BCUT2D eigenvalue weighted by Gasteiger charge is -2.13. The highest BCUT2D eigenvalue weighted by Crippen LogP contribution is 2.11. The summed E-state index contributed by atoms with van der Waals surface area (Å²) in [7, 11) is 0. The fourth-order valence-corrected chi connectivity index (χ4v) is 1.61. The molecule has 4 nitrogen and oxygen atoms in total. The number of anilines is 1. The van der Waals surface area contributed by atoms with Crippen molar-refractivity contribution in [3.63, 3.8) is 0 Å². The zero-order chi connectivity index (χ0) is 12.1. The number of hydrogen-bond acceptors (Lipinski definition) is 4. The van der Waals surface area contributed by atoms with Gasteiger partial charge < -0.3 is 9.73 Å². The van der Waals surface area contributed by atoms with Crippen molar-refractivity contribution in [2.75, 3.05) is 5.32 Å². The van der Waals surface area contributed by atoms with Crippen LogP contribution in [0, 0.1) is 11.3 Å². The quantitative estimate of drug-likeness (QED) is 0.872. The van der Waals surface area contributed by atoms with Crippen LogP contribution in [0.3, 0.4) is 0 Å². The Balaban J connectivity index is 1.94. The summed E-state index contributed by atoms with van der Waals surface area (Å²) in [4.78, 5) is 4.00. The van der Waals surface area contributed by atoms with E-state index in [2.05, 4.69) is 17.2 Å². The Labute approximate surface area is 99.9 Å². The summed E-state index contributed by atoms with van der Waals surface area (Å²) in [5.41, 5.74) is 1.33. The zero-order valence-corrected chi connectivity index (χ0v) is 9.55. The molecular formula is C13H13N3O. The van der Waals surface area contributed by atoms with E-state index < -0.39 is 0 Å². The molecule has 0 fully saturated rings. The minimum atomic E-state index is 0.246. The topological polar surface area (TPSA) is 61.9 Å². The molecule has 0 bridgehead atoms. The number of aromatic nitrogens is 1. The maximum Gasteiger partial charge on any atom is 0.140 e. The first kappa shape index (κ1) is 11.2. The first-order chi connectivity index (χ1) is 8.28. The molecule has 0 spiro atoms. The van der Waals surface area contributed by atoms with E-state index in [1.54, 1.807) is 18.5 Å². The predicted octanol–water partition coefficient (Wildman–Crippen LogP) is 2.59. The van der Waals surface area contributed by atoms with Crippen molar-refractivity contribution >= 4 is 5.69 Å². The Bertz CT molecular complexity index is 496. The van der Waals surface area contributed by atoms with Gasteiger partial charge in [-0.25, -0.2) is 4.98 Å². The minimum Gasteiger partial charge on any atom is -0.469 e. The summed E-state index contributed by atoms with van der Waals surface area (Å²) in [6.45, 7) is 2.07. The number of nitrogens with zero attached hydrogens (tertiary/aromatic N) is 2. The highest BCUT2D eigenvalue weighted by molar-refractivity contribution is 5.43. The van der Waals surface area contributed by atoms with Crippen LogP contribution < -0.4 is 5.32 Å². The van der Waals surface area contributed by atoms with Gasteiger partial charge in [-0.05, 0) is 31.2 Å². The van der Waals surface area contributed by atoms with E-state index in [-0.39, 0.29) is 6.04 Å². The van der Waals surface area contributed by atoms with Crippen molar-refractivity contribution in [1.29, 1.82) is 5.26 Å². The van der Waals surface area contributed by atoms with Gasteiger partial charge in [-0.15, -0.1) is 0 Å². The largest absolute Gasteiger partial charge is 0.469 e. The van der Waals surface area contributed by atoms with Crippen molar-refractivity contribution in [1.82, 2.24) is 4.98 Å². The number of furan rings is 1. The van der Waals surface area contributed by atoms with Crippen molar-refractivity contribution in [2.24, 2.45) is 0 Å². The van der Waals surface area contributed by atoms with Gasteiger partial charge in [-0.1, -0.05) is 0 Å². The molecule has 17 heavy (non-hydrogen) atoms. The average Bonchev–Trinajstić information content (AvgIpc) is 2.82. The molecule has 0 saturated heterocycles. The molecule has 2 aromatic heterocycles. The van der Waals surface area contributed by atoms with Crippen LogP contribution in [0.1, 0.15) is 18.4 Å². The number of rotatable bonds is 4. The van der Waals surface area contributed by atoms with E-state index in [0.717, 1.165) is 17.9 Å². The molecular weight excluding hydrogens is 214 g/mol. The number of pyridine rings is 1. The molecule has 4 heteroatoms. The average molecular weight is 227 g/mol. The SMILES string of the molecule is CC(Cc1ccco1)Nc1ccc(C#N)nc1. The second-order valence-corrected chi connectivity index (χ2v) is 3.87. The standard InChI is InChI=1S/C13H13N3O/c1-10(7-13-3-2-6-17-13)16-12-5-4-11(8-14)15-9-12/h2-6,9-10,16H,7H2,1H3. The van der Waals surface area contributed by atoms with Crippen LogP contribution in [0.25, 0.3) is 0 Å². The third-order valence-electron chi connectivity index (χ3n) is 2.38. The summed E-state index contributed by atoms with van der Waals surface area (Å²) in [6.07, 6.45) is 4.15. The second-order valence-electron chi connectivity index (χ2n) is 3.87. The van der Waals surface area contributed by atoms with Gasteiger partial charge in [0, 0.05) is 12.5 Å². The highest BCUT2D eigenvalue weighted by Gasteiger charge is 2.05.